The molecule has 0 unspecified atom stereocenters. The van der Waals surface area contributed by atoms with Crippen LogP contribution < -0.4 is 5.56 Å². The fraction of sp³-hybridized carbons (Fsp3) is 0.368. The Labute approximate surface area is 149 Å². The Morgan fingerprint density at radius 1 is 1.15 bits per heavy atom. The van der Waals surface area contributed by atoms with Crippen molar-refractivity contribution in [2.45, 2.75) is 19.3 Å². The molecule has 0 atom stereocenters. The van der Waals surface area contributed by atoms with Crippen molar-refractivity contribution in [2.75, 3.05) is 13.1 Å². The van der Waals surface area contributed by atoms with Crippen molar-refractivity contribution in [1.82, 2.24) is 9.47 Å². The van der Waals surface area contributed by atoms with Gasteiger partial charge >= 0.3 is 6.09 Å². The summed E-state index contributed by atoms with van der Waals surface area (Å²) >= 11 is 0. The monoisotopic (exact) mass is 362 g/mol. The number of benzene rings is 1. The van der Waals surface area contributed by atoms with E-state index < -0.39 is 17.7 Å². The van der Waals surface area contributed by atoms with Crippen LogP contribution in [0.4, 0.5) is 13.6 Å². The van der Waals surface area contributed by atoms with E-state index in [2.05, 4.69) is 0 Å². The molecule has 7 heteroatoms. The zero-order valence-electron chi connectivity index (χ0n) is 14.4. The van der Waals surface area contributed by atoms with E-state index in [9.17, 15) is 18.4 Å². The number of amides is 1. The molecule has 0 bridgehead atoms. The second kappa shape index (κ2) is 7.27. The summed E-state index contributed by atoms with van der Waals surface area (Å²) in [6.07, 6.45) is 2.00. The molecule has 1 N–H and O–H groups in total. The summed E-state index contributed by atoms with van der Waals surface area (Å²) in [7, 11) is 1.60. The van der Waals surface area contributed by atoms with E-state index in [1.54, 1.807) is 19.3 Å². The maximum Gasteiger partial charge on any atom is 0.407 e. The minimum atomic E-state index is -0.959. The molecule has 2 heterocycles. The molecule has 0 radical (unpaired) electrons. The molecule has 2 aromatic rings. The van der Waals surface area contributed by atoms with E-state index in [0.717, 1.165) is 0 Å². The second-order valence-electron chi connectivity index (χ2n) is 6.70. The molecular formula is C19H20F2N2O3. The Hall–Kier alpha value is -2.70. The first kappa shape index (κ1) is 18.1. The van der Waals surface area contributed by atoms with Crippen molar-refractivity contribution in [1.29, 1.82) is 0 Å². The number of rotatable bonds is 3. The molecule has 1 aromatic carbocycles. The van der Waals surface area contributed by atoms with Gasteiger partial charge in [-0.3, -0.25) is 4.79 Å². The van der Waals surface area contributed by atoms with Gasteiger partial charge in [0.25, 0.3) is 5.56 Å². The van der Waals surface area contributed by atoms with Crippen LogP contribution in [0, 0.1) is 17.6 Å². The average molecular weight is 362 g/mol. The standard InChI is InChI=1S/C19H20F2N2O3/c1-22-5-4-13(11-18(22)24)14-9-16(20)15(17(21)10-14)8-12-2-6-23(7-3-12)19(25)26/h4-5,9-12H,2-3,6-8H2,1H3,(H,25,26). The van der Waals surface area contributed by atoms with Crippen LogP contribution in [0.1, 0.15) is 18.4 Å². The van der Waals surface area contributed by atoms with Crippen molar-refractivity contribution >= 4 is 6.09 Å². The fourth-order valence-corrected chi connectivity index (χ4v) is 3.31. The molecule has 138 valence electrons. The van der Waals surface area contributed by atoms with Crippen molar-refractivity contribution < 1.29 is 18.7 Å². The molecular weight excluding hydrogens is 342 g/mol. The quantitative estimate of drug-likeness (QED) is 0.912. The Bertz CT molecular complexity index is 864. The third kappa shape index (κ3) is 3.76. The van der Waals surface area contributed by atoms with Gasteiger partial charge < -0.3 is 14.6 Å². The number of piperidine rings is 1. The first-order valence-electron chi connectivity index (χ1n) is 8.48. The summed E-state index contributed by atoms with van der Waals surface area (Å²) in [5.41, 5.74) is 0.554. The summed E-state index contributed by atoms with van der Waals surface area (Å²) in [6, 6.07) is 5.48. The van der Waals surface area contributed by atoms with E-state index >= 15 is 0 Å². The van der Waals surface area contributed by atoms with Gasteiger partial charge in [0.2, 0.25) is 0 Å². The highest BCUT2D eigenvalue weighted by atomic mass is 19.1. The van der Waals surface area contributed by atoms with Crippen LogP contribution in [0.3, 0.4) is 0 Å². The van der Waals surface area contributed by atoms with Gasteiger partial charge in [-0.15, -0.1) is 0 Å². The first-order chi connectivity index (χ1) is 12.3. The van der Waals surface area contributed by atoms with Crippen molar-refractivity contribution in [3.05, 3.63) is 58.0 Å². The van der Waals surface area contributed by atoms with E-state index in [-0.39, 0.29) is 23.5 Å². The van der Waals surface area contributed by atoms with Crippen LogP contribution in [0.5, 0.6) is 0 Å². The van der Waals surface area contributed by atoms with Crippen molar-refractivity contribution in [3.8, 4) is 11.1 Å². The number of hydrogen-bond donors (Lipinski definition) is 1. The largest absolute Gasteiger partial charge is 0.465 e. The average Bonchev–Trinajstić information content (AvgIpc) is 2.60. The van der Waals surface area contributed by atoms with Crippen LogP contribution in [0.15, 0.2) is 35.3 Å². The molecule has 1 aliphatic heterocycles. The van der Waals surface area contributed by atoms with Gasteiger partial charge in [-0.25, -0.2) is 13.6 Å². The fourth-order valence-electron chi connectivity index (χ4n) is 3.31. The van der Waals surface area contributed by atoms with Gasteiger partial charge in [0.1, 0.15) is 11.6 Å². The Morgan fingerprint density at radius 3 is 2.31 bits per heavy atom. The molecule has 3 rings (SSSR count). The smallest absolute Gasteiger partial charge is 0.407 e. The summed E-state index contributed by atoms with van der Waals surface area (Å²) < 4.78 is 30.4. The summed E-state index contributed by atoms with van der Waals surface area (Å²) in [5, 5.41) is 8.96. The molecule has 0 spiro atoms. The summed E-state index contributed by atoms with van der Waals surface area (Å²) in [6.45, 7) is 0.767. The molecule has 5 nitrogen and oxygen atoms in total. The van der Waals surface area contributed by atoms with Gasteiger partial charge in [-0.2, -0.15) is 0 Å². The molecule has 1 fully saturated rings. The van der Waals surface area contributed by atoms with E-state index in [1.807, 2.05) is 0 Å². The highest BCUT2D eigenvalue weighted by Crippen LogP contribution is 2.28. The highest BCUT2D eigenvalue weighted by molar-refractivity contribution is 5.65. The molecule has 1 saturated heterocycles. The molecule has 1 aromatic heterocycles. The number of aryl methyl sites for hydroxylation is 1. The van der Waals surface area contributed by atoms with Crippen LogP contribution in [-0.4, -0.2) is 33.8 Å². The van der Waals surface area contributed by atoms with Gasteiger partial charge in [-0.05, 0) is 54.5 Å². The Kier molecular flexibility index (Phi) is 5.06. The minimum Gasteiger partial charge on any atom is -0.465 e. The second-order valence-corrected chi connectivity index (χ2v) is 6.70. The van der Waals surface area contributed by atoms with Gasteiger partial charge in [-0.1, -0.05) is 0 Å². The van der Waals surface area contributed by atoms with E-state index in [0.29, 0.717) is 37.1 Å². The van der Waals surface area contributed by atoms with E-state index in [4.69, 9.17) is 5.11 Å². The maximum atomic E-state index is 14.5. The first-order valence-corrected chi connectivity index (χ1v) is 8.48. The van der Waals surface area contributed by atoms with Crippen molar-refractivity contribution in [2.24, 2.45) is 13.0 Å². The zero-order valence-corrected chi connectivity index (χ0v) is 14.4. The lowest BCUT2D eigenvalue weighted by molar-refractivity contribution is 0.124. The van der Waals surface area contributed by atoms with Crippen LogP contribution >= 0.6 is 0 Å². The number of likely N-dealkylation sites (tertiary alicyclic amines) is 1. The zero-order chi connectivity index (χ0) is 18.8. The lowest BCUT2D eigenvalue weighted by Gasteiger charge is -2.30. The molecule has 1 aliphatic rings. The third-order valence-electron chi connectivity index (χ3n) is 4.96. The number of pyridine rings is 1. The third-order valence-corrected chi connectivity index (χ3v) is 4.96. The SMILES string of the molecule is Cn1ccc(-c2cc(F)c(CC3CCN(C(=O)O)CC3)c(F)c2)cc1=O. The van der Waals surface area contributed by atoms with E-state index in [1.165, 1.54) is 27.7 Å². The van der Waals surface area contributed by atoms with Crippen LogP contribution in [0.2, 0.25) is 0 Å². The van der Waals surface area contributed by atoms with Gasteiger partial charge in [0, 0.05) is 38.0 Å². The number of carbonyl (C=O) groups is 1. The number of nitrogens with zero attached hydrogens (tertiary/aromatic N) is 2. The van der Waals surface area contributed by atoms with Gasteiger partial charge in [0.15, 0.2) is 0 Å². The minimum absolute atomic E-state index is 0.0198. The maximum absolute atomic E-state index is 14.5. The Balaban J connectivity index is 1.79. The topological polar surface area (TPSA) is 62.5 Å². The summed E-state index contributed by atoms with van der Waals surface area (Å²) in [4.78, 5) is 24.0. The summed E-state index contributed by atoms with van der Waals surface area (Å²) in [5.74, 6) is -1.23. The predicted molar refractivity (Wildman–Crippen MR) is 93.1 cm³/mol. The molecule has 26 heavy (non-hydrogen) atoms. The normalized spacial score (nSPS) is 15.3. The lowest BCUT2D eigenvalue weighted by Crippen LogP contribution is -2.38. The molecule has 1 amide bonds. The van der Waals surface area contributed by atoms with Crippen molar-refractivity contribution in [3.63, 3.8) is 0 Å². The number of hydrogen-bond acceptors (Lipinski definition) is 2. The molecule has 0 saturated carbocycles. The molecule has 0 aliphatic carbocycles. The predicted octanol–water partition coefficient (Wildman–Crippen LogP) is 3.26. The highest BCUT2D eigenvalue weighted by Gasteiger charge is 2.24. The Morgan fingerprint density at radius 2 is 1.77 bits per heavy atom. The van der Waals surface area contributed by atoms with Crippen LogP contribution in [-0.2, 0) is 13.5 Å². The number of halogens is 2. The lowest BCUT2D eigenvalue weighted by atomic mass is 9.89. The number of aromatic nitrogens is 1. The number of carboxylic acid groups (broad SMARTS) is 1. The van der Waals surface area contributed by atoms with Crippen LogP contribution in [0.25, 0.3) is 11.1 Å². The van der Waals surface area contributed by atoms with Gasteiger partial charge in [0.05, 0.1) is 0 Å².